The van der Waals surface area contributed by atoms with Crippen LogP contribution >= 0.6 is 0 Å². The second kappa shape index (κ2) is 12.5. The van der Waals surface area contributed by atoms with E-state index in [9.17, 15) is 9.59 Å². The fourth-order valence-electron chi connectivity index (χ4n) is 4.92. The van der Waals surface area contributed by atoms with Gasteiger partial charge in [0.05, 0.1) is 24.4 Å². The number of anilines is 1. The van der Waals surface area contributed by atoms with E-state index in [1.807, 2.05) is 80.1 Å². The SMILES string of the molecule is CCOC(=O)/C=C(\c1ccncc1)n1ccc2cc(OCCc3ccc4c(n3)N(C(=O)OC(C)(C)C)CCC4)ccc21. The van der Waals surface area contributed by atoms with Crippen molar-refractivity contribution in [2.45, 2.75) is 52.6 Å². The first-order valence-corrected chi connectivity index (χ1v) is 14.2. The zero-order valence-electron chi connectivity index (χ0n) is 24.5. The Morgan fingerprint density at radius 2 is 1.86 bits per heavy atom. The molecule has 4 heterocycles. The molecular formula is C33H36N4O5. The fourth-order valence-corrected chi connectivity index (χ4v) is 4.92. The largest absolute Gasteiger partial charge is 0.493 e. The Kier molecular flexibility index (Phi) is 8.56. The highest BCUT2D eigenvalue weighted by molar-refractivity contribution is 5.95. The second-order valence-electron chi connectivity index (χ2n) is 11.0. The molecule has 3 aromatic heterocycles. The maximum Gasteiger partial charge on any atom is 0.416 e. The van der Waals surface area contributed by atoms with Gasteiger partial charge in [-0.25, -0.2) is 14.6 Å². The molecule has 0 saturated heterocycles. The van der Waals surface area contributed by atoms with Crippen LogP contribution in [0.3, 0.4) is 0 Å². The van der Waals surface area contributed by atoms with E-state index < -0.39 is 11.6 Å². The molecule has 218 valence electrons. The number of hydrogen-bond donors (Lipinski definition) is 0. The number of nitrogens with zero attached hydrogens (tertiary/aromatic N) is 4. The summed E-state index contributed by atoms with van der Waals surface area (Å²) >= 11 is 0. The van der Waals surface area contributed by atoms with Crippen LogP contribution in [0.2, 0.25) is 0 Å². The Balaban J connectivity index is 1.30. The summed E-state index contributed by atoms with van der Waals surface area (Å²) in [6.07, 6.45) is 8.79. The van der Waals surface area contributed by atoms with Crippen LogP contribution < -0.4 is 9.64 Å². The van der Waals surface area contributed by atoms with Gasteiger partial charge in [0.2, 0.25) is 0 Å². The first-order chi connectivity index (χ1) is 20.2. The summed E-state index contributed by atoms with van der Waals surface area (Å²) in [6, 6.07) is 15.6. The number of esters is 1. The van der Waals surface area contributed by atoms with Crippen LogP contribution in [-0.4, -0.2) is 52.0 Å². The topological polar surface area (TPSA) is 95.8 Å². The molecule has 1 aromatic carbocycles. The number of carbonyl (C=O) groups excluding carboxylic acids is 2. The molecule has 5 rings (SSSR count). The molecule has 1 amide bonds. The summed E-state index contributed by atoms with van der Waals surface area (Å²) in [5.41, 5.74) is 3.79. The summed E-state index contributed by atoms with van der Waals surface area (Å²) in [4.78, 5) is 35.7. The lowest BCUT2D eigenvalue weighted by Gasteiger charge is -2.31. The maximum absolute atomic E-state index is 12.8. The highest BCUT2D eigenvalue weighted by Gasteiger charge is 2.28. The molecule has 4 aromatic rings. The highest BCUT2D eigenvalue weighted by atomic mass is 16.6. The van der Waals surface area contributed by atoms with Gasteiger partial charge < -0.3 is 18.8 Å². The Labute approximate surface area is 245 Å². The minimum Gasteiger partial charge on any atom is -0.493 e. The standard InChI is InChI=1S/C33H36N4O5/c1-5-40-30(38)22-29(23-12-16-34-17-13-23)36-19-14-25-21-27(10-11-28(25)36)41-20-15-26-9-8-24-7-6-18-37(31(24)35-26)32(39)42-33(2,3)4/h8-14,16-17,19,21-22H,5-7,15,18,20H2,1-4H3/b29-22+. The Bertz CT molecular complexity index is 1600. The van der Waals surface area contributed by atoms with Gasteiger partial charge in [-0.15, -0.1) is 0 Å². The minimum absolute atomic E-state index is 0.301. The molecule has 0 atom stereocenters. The van der Waals surface area contributed by atoms with E-state index in [1.54, 1.807) is 24.2 Å². The average Bonchev–Trinajstić information content (AvgIpc) is 3.38. The normalized spacial score (nSPS) is 13.5. The van der Waals surface area contributed by atoms with Crippen molar-refractivity contribution in [1.29, 1.82) is 0 Å². The number of benzene rings is 1. The van der Waals surface area contributed by atoms with Gasteiger partial charge >= 0.3 is 12.1 Å². The molecule has 0 unspecified atom stereocenters. The van der Waals surface area contributed by atoms with E-state index >= 15 is 0 Å². The van der Waals surface area contributed by atoms with Crippen molar-refractivity contribution in [2.75, 3.05) is 24.7 Å². The molecule has 0 spiro atoms. The lowest BCUT2D eigenvalue weighted by molar-refractivity contribution is -0.137. The van der Waals surface area contributed by atoms with Crippen molar-refractivity contribution < 1.29 is 23.8 Å². The number of pyridine rings is 2. The van der Waals surface area contributed by atoms with Gasteiger partial charge in [-0.3, -0.25) is 9.88 Å². The van der Waals surface area contributed by atoms with Crippen LogP contribution in [0.1, 0.15) is 50.9 Å². The summed E-state index contributed by atoms with van der Waals surface area (Å²) < 4.78 is 18.8. The zero-order valence-corrected chi connectivity index (χ0v) is 24.5. The van der Waals surface area contributed by atoms with Gasteiger partial charge in [0.1, 0.15) is 17.2 Å². The number of carbonyl (C=O) groups is 2. The summed E-state index contributed by atoms with van der Waals surface area (Å²) in [6.45, 7) is 8.69. The van der Waals surface area contributed by atoms with Crippen molar-refractivity contribution in [3.8, 4) is 5.75 Å². The molecule has 42 heavy (non-hydrogen) atoms. The molecule has 0 bridgehead atoms. The molecule has 0 radical (unpaired) electrons. The lowest BCUT2D eigenvalue weighted by atomic mass is 10.1. The van der Waals surface area contributed by atoms with E-state index in [-0.39, 0.29) is 6.09 Å². The van der Waals surface area contributed by atoms with Crippen molar-refractivity contribution in [3.63, 3.8) is 0 Å². The minimum atomic E-state index is -0.569. The third-order valence-electron chi connectivity index (χ3n) is 6.78. The first-order valence-electron chi connectivity index (χ1n) is 14.2. The van der Waals surface area contributed by atoms with E-state index in [0.717, 1.165) is 46.3 Å². The van der Waals surface area contributed by atoms with Gasteiger partial charge in [-0.1, -0.05) is 6.07 Å². The molecular weight excluding hydrogens is 532 g/mol. The van der Waals surface area contributed by atoms with E-state index in [2.05, 4.69) is 4.98 Å². The third-order valence-corrected chi connectivity index (χ3v) is 6.78. The Hall–Kier alpha value is -4.66. The van der Waals surface area contributed by atoms with E-state index in [0.29, 0.717) is 37.7 Å². The molecule has 1 aliphatic rings. The van der Waals surface area contributed by atoms with Gasteiger partial charge in [0, 0.05) is 54.3 Å². The lowest BCUT2D eigenvalue weighted by Crippen LogP contribution is -2.40. The molecule has 0 aliphatic carbocycles. The van der Waals surface area contributed by atoms with Crippen LogP contribution in [0.5, 0.6) is 5.75 Å². The molecule has 0 N–H and O–H groups in total. The molecule has 0 fully saturated rings. The van der Waals surface area contributed by atoms with Gasteiger partial charge in [-0.05, 0) is 88.6 Å². The number of rotatable bonds is 8. The average molecular weight is 569 g/mol. The number of amides is 1. The van der Waals surface area contributed by atoms with Gasteiger partial charge in [-0.2, -0.15) is 0 Å². The van der Waals surface area contributed by atoms with Crippen molar-refractivity contribution in [2.24, 2.45) is 0 Å². The van der Waals surface area contributed by atoms with Crippen LogP contribution in [0.25, 0.3) is 16.6 Å². The Morgan fingerprint density at radius 3 is 2.62 bits per heavy atom. The zero-order chi connectivity index (χ0) is 29.7. The highest BCUT2D eigenvalue weighted by Crippen LogP contribution is 2.29. The Morgan fingerprint density at radius 1 is 1.05 bits per heavy atom. The maximum atomic E-state index is 12.8. The molecule has 0 saturated carbocycles. The summed E-state index contributed by atoms with van der Waals surface area (Å²) in [5, 5.41) is 0.969. The number of aromatic nitrogens is 3. The smallest absolute Gasteiger partial charge is 0.416 e. The quantitative estimate of drug-likeness (QED) is 0.185. The van der Waals surface area contributed by atoms with E-state index in [1.165, 1.54) is 6.08 Å². The number of ether oxygens (including phenoxy) is 3. The predicted octanol–water partition coefficient (Wildman–Crippen LogP) is 6.19. The van der Waals surface area contributed by atoms with Crippen molar-refractivity contribution in [1.82, 2.24) is 14.5 Å². The number of fused-ring (bicyclic) bond motifs is 2. The monoisotopic (exact) mass is 568 g/mol. The second-order valence-corrected chi connectivity index (χ2v) is 11.0. The van der Waals surface area contributed by atoms with Crippen LogP contribution in [0.15, 0.2) is 73.2 Å². The first kappa shape index (κ1) is 28.9. The molecule has 9 nitrogen and oxygen atoms in total. The van der Waals surface area contributed by atoms with Crippen molar-refractivity contribution >= 4 is 34.5 Å². The van der Waals surface area contributed by atoms with Gasteiger partial charge in [0.15, 0.2) is 0 Å². The summed E-state index contributed by atoms with van der Waals surface area (Å²) in [7, 11) is 0. The van der Waals surface area contributed by atoms with Crippen LogP contribution in [0.4, 0.5) is 10.6 Å². The molecule has 1 aliphatic heterocycles. The third kappa shape index (κ3) is 6.79. The van der Waals surface area contributed by atoms with Crippen LogP contribution in [-0.2, 0) is 27.1 Å². The van der Waals surface area contributed by atoms with Gasteiger partial charge in [0.25, 0.3) is 0 Å². The molecule has 9 heteroatoms. The number of aryl methyl sites for hydroxylation is 1. The van der Waals surface area contributed by atoms with E-state index in [4.69, 9.17) is 19.2 Å². The summed E-state index contributed by atoms with van der Waals surface area (Å²) in [5.74, 6) is 1.00. The van der Waals surface area contributed by atoms with Crippen molar-refractivity contribution in [3.05, 3.63) is 90.0 Å². The fraction of sp³-hybridized carbons (Fsp3) is 0.333. The van der Waals surface area contributed by atoms with Crippen LogP contribution in [0, 0.1) is 0 Å². The predicted molar refractivity (Wildman–Crippen MR) is 162 cm³/mol. The number of hydrogen-bond acceptors (Lipinski definition) is 7.